The molecule has 0 heterocycles. The van der Waals surface area contributed by atoms with E-state index in [1.165, 1.54) is 32.3 Å². The number of methoxy groups -OCH3 is 3. The molecule has 0 aliphatic carbocycles. The van der Waals surface area contributed by atoms with Crippen LogP contribution >= 0.6 is 0 Å². The zero-order valence-corrected chi connectivity index (χ0v) is 46.7. The summed E-state index contributed by atoms with van der Waals surface area (Å²) in [5, 5.41) is 7.30. The Bertz CT molecular complexity index is 2640. The molecule has 6 aromatic rings. The lowest BCUT2D eigenvalue weighted by molar-refractivity contribution is -0.163. The molecular weight excluding hydrogens is 949 g/mol. The van der Waals surface area contributed by atoms with E-state index in [-0.39, 0.29) is 56.6 Å². The third-order valence-corrected chi connectivity index (χ3v) is 13.6. The topological polar surface area (TPSA) is 134 Å². The van der Waals surface area contributed by atoms with Crippen molar-refractivity contribution in [1.29, 1.82) is 0 Å². The highest BCUT2D eigenvalue weighted by molar-refractivity contribution is 5.98. The average Bonchev–Trinajstić information content (AvgIpc) is 3.42. The van der Waals surface area contributed by atoms with Gasteiger partial charge in [-0.05, 0) is 122 Å². The van der Waals surface area contributed by atoms with Gasteiger partial charge in [-0.3, -0.25) is 14.4 Å². The predicted molar refractivity (Wildman–Crippen MR) is 298 cm³/mol. The van der Waals surface area contributed by atoms with Gasteiger partial charge in [0.05, 0.1) is 36.1 Å². The number of carbonyl (C=O) groups excluding carboxylic acids is 3. The highest BCUT2D eigenvalue weighted by Gasteiger charge is 2.29. The number of rotatable bonds is 27. The van der Waals surface area contributed by atoms with Crippen molar-refractivity contribution >= 4 is 50.2 Å². The minimum Gasteiger partial charge on any atom is -0.463 e. The zero-order valence-electron chi connectivity index (χ0n) is 46.7. The standard InChI is InChI=1S/C25H30O4.C21H28O4.C17H26O4/c1-5-25(2,3)24(26)29-13-12-28-23(27-4)15-18-10-11-21-16-19-8-6-7-9-20(19)17-22(21)14-18;1-5-21(2,3)20(22)25-13-12-24-19(23-4)15-16-10-11-17-8-6-7-9-18(17)14-16;1-5-17(2,3)16(18)21-12-11-20-15(19-4)13-14-9-7-6-8-10-14/h6-11,14,16-17,23H,5,12-13,15H2,1-4H3;6-11,14,19H,5,12-13,15H2,1-4H3;6-10,15H,5,11-13H2,1-4H3. The van der Waals surface area contributed by atoms with Gasteiger partial charge in [0.15, 0.2) is 18.9 Å². The molecule has 0 bridgehead atoms. The zero-order chi connectivity index (χ0) is 54.9. The van der Waals surface area contributed by atoms with Crippen molar-refractivity contribution in [2.45, 2.75) is 120 Å². The number of ether oxygens (including phenoxy) is 9. The normalized spacial score (nSPS) is 13.0. The fraction of sp³-hybridized carbons (Fsp3) is 0.476. The van der Waals surface area contributed by atoms with E-state index in [9.17, 15) is 14.4 Å². The number of benzene rings is 6. The fourth-order valence-electron chi connectivity index (χ4n) is 7.27. The Labute approximate surface area is 446 Å². The number of carbonyl (C=O) groups is 3. The van der Waals surface area contributed by atoms with Gasteiger partial charge in [-0.25, -0.2) is 0 Å². The van der Waals surface area contributed by atoms with Crippen molar-refractivity contribution in [2.75, 3.05) is 61.0 Å². The van der Waals surface area contributed by atoms with Crippen LogP contribution in [-0.4, -0.2) is 97.7 Å². The summed E-state index contributed by atoms with van der Waals surface area (Å²) in [5.74, 6) is -0.577. The highest BCUT2D eigenvalue weighted by Crippen LogP contribution is 2.26. The monoisotopic (exact) mass is 1030 g/mol. The number of fused-ring (bicyclic) bond motifs is 3. The van der Waals surface area contributed by atoms with Gasteiger partial charge in [-0.2, -0.15) is 0 Å². The van der Waals surface area contributed by atoms with Crippen LogP contribution < -0.4 is 0 Å². The van der Waals surface area contributed by atoms with Crippen LogP contribution in [0.3, 0.4) is 0 Å². The SMILES string of the molecule is CCC(C)(C)C(=O)OCCOC(Cc1ccc2cc3ccccc3cc2c1)OC.CCC(C)(C)C(=O)OCCOC(Cc1ccc2ccccc2c1)OC.CCC(C)(C)C(=O)OCCOC(Cc1ccccc1)OC. The van der Waals surface area contributed by atoms with E-state index >= 15 is 0 Å². The van der Waals surface area contributed by atoms with Crippen LogP contribution in [-0.2, 0) is 76.3 Å². The van der Waals surface area contributed by atoms with E-state index in [1.807, 2.05) is 105 Å². The Kier molecular flexibility index (Phi) is 25.8. The highest BCUT2D eigenvalue weighted by atomic mass is 16.7. The third kappa shape index (κ3) is 20.7. The maximum absolute atomic E-state index is 12.0. The van der Waals surface area contributed by atoms with Crippen LogP contribution in [0.1, 0.15) is 98.3 Å². The molecule has 0 saturated carbocycles. The molecule has 0 saturated heterocycles. The smallest absolute Gasteiger partial charge is 0.311 e. The Morgan fingerprint density at radius 2 is 0.667 bits per heavy atom. The molecule has 0 aromatic heterocycles. The van der Waals surface area contributed by atoms with Gasteiger partial charge in [0.2, 0.25) is 0 Å². The van der Waals surface area contributed by atoms with E-state index < -0.39 is 16.2 Å². The quantitative estimate of drug-likeness (QED) is 0.0160. The van der Waals surface area contributed by atoms with Crippen LogP contribution in [0, 0.1) is 16.2 Å². The first-order valence-corrected chi connectivity index (χ1v) is 26.3. The van der Waals surface area contributed by atoms with E-state index in [0.29, 0.717) is 39.1 Å². The first kappa shape index (κ1) is 61.8. The number of esters is 3. The van der Waals surface area contributed by atoms with E-state index in [0.717, 1.165) is 36.0 Å². The van der Waals surface area contributed by atoms with Crippen molar-refractivity contribution in [1.82, 2.24) is 0 Å². The Hall–Kier alpha value is -5.73. The van der Waals surface area contributed by atoms with Crippen molar-refractivity contribution in [2.24, 2.45) is 16.2 Å². The first-order chi connectivity index (χ1) is 35.9. The summed E-state index contributed by atoms with van der Waals surface area (Å²) >= 11 is 0. The minimum atomic E-state index is -0.462. The molecule has 12 heteroatoms. The summed E-state index contributed by atoms with van der Waals surface area (Å²) in [6.45, 7) is 18.9. The molecular formula is C63H84O12. The van der Waals surface area contributed by atoms with Crippen molar-refractivity contribution in [3.05, 3.63) is 144 Å². The lowest BCUT2D eigenvalue weighted by Gasteiger charge is -2.21. The van der Waals surface area contributed by atoms with Crippen LogP contribution in [0.4, 0.5) is 0 Å². The summed E-state index contributed by atoms with van der Waals surface area (Å²) in [6.07, 6.45) is 3.12. The van der Waals surface area contributed by atoms with Gasteiger partial charge in [0.1, 0.15) is 19.8 Å². The molecule has 0 spiro atoms. The molecule has 3 atom stereocenters. The summed E-state index contributed by atoms with van der Waals surface area (Å²) in [6, 6.07) is 43.8. The van der Waals surface area contributed by atoms with Gasteiger partial charge in [0.25, 0.3) is 0 Å². The molecule has 0 amide bonds. The third-order valence-electron chi connectivity index (χ3n) is 13.6. The second kappa shape index (κ2) is 31.3. The molecule has 3 unspecified atom stereocenters. The second-order valence-electron chi connectivity index (χ2n) is 20.4. The van der Waals surface area contributed by atoms with Gasteiger partial charge in [-0.1, -0.05) is 136 Å². The van der Waals surface area contributed by atoms with Crippen molar-refractivity contribution in [3.63, 3.8) is 0 Å². The number of hydrogen-bond acceptors (Lipinski definition) is 12. The second-order valence-corrected chi connectivity index (χ2v) is 20.4. The van der Waals surface area contributed by atoms with Crippen molar-refractivity contribution < 1.29 is 57.0 Å². The Morgan fingerprint density at radius 1 is 0.360 bits per heavy atom. The van der Waals surface area contributed by atoms with Crippen LogP contribution in [0.5, 0.6) is 0 Å². The lowest BCUT2D eigenvalue weighted by atomic mass is 9.91. The van der Waals surface area contributed by atoms with Crippen molar-refractivity contribution in [3.8, 4) is 0 Å². The van der Waals surface area contributed by atoms with E-state index in [2.05, 4.69) is 84.9 Å². The summed E-state index contributed by atoms with van der Waals surface area (Å²) in [7, 11) is 4.86. The summed E-state index contributed by atoms with van der Waals surface area (Å²) < 4.78 is 49.1. The molecule has 0 aliphatic heterocycles. The maximum atomic E-state index is 12.0. The fourth-order valence-corrected chi connectivity index (χ4v) is 7.27. The molecule has 0 N–H and O–H groups in total. The molecule has 6 rings (SSSR count). The predicted octanol–water partition coefficient (Wildman–Crippen LogP) is 13.1. The Morgan fingerprint density at radius 3 is 1.05 bits per heavy atom. The maximum Gasteiger partial charge on any atom is 0.311 e. The molecule has 0 aliphatic rings. The largest absolute Gasteiger partial charge is 0.463 e. The lowest BCUT2D eigenvalue weighted by Crippen LogP contribution is -2.28. The molecule has 6 aromatic carbocycles. The van der Waals surface area contributed by atoms with Gasteiger partial charge < -0.3 is 42.6 Å². The minimum absolute atomic E-state index is 0.189. The van der Waals surface area contributed by atoms with Gasteiger partial charge in [0, 0.05) is 40.6 Å². The Balaban J connectivity index is 0.000000247. The molecule has 75 heavy (non-hydrogen) atoms. The van der Waals surface area contributed by atoms with Crippen LogP contribution in [0.15, 0.2) is 127 Å². The van der Waals surface area contributed by atoms with E-state index in [4.69, 9.17) is 42.6 Å². The molecule has 408 valence electrons. The van der Waals surface area contributed by atoms with E-state index in [1.54, 1.807) is 21.3 Å². The average molecular weight is 1030 g/mol. The van der Waals surface area contributed by atoms with Gasteiger partial charge >= 0.3 is 17.9 Å². The molecule has 12 nitrogen and oxygen atoms in total. The van der Waals surface area contributed by atoms with Gasteiger partial charge in [-0.15, -0.1) is 0 Å². The summed E-state index contributed by atoms with van der Waals surface area (Å²) in [4.78, 5) is 35.7. The van der Waals surface area contributed by atoms with Crippen LogP contribution in [0.2, 0.25) is 0 Å². The molecule has 0 fully saturated rings. The molecule has 0 radical (unpaired) electrons. The summed E-state index contributed by atoms with van der Waals surface area (Å²) in [5.41, 5.74) is 2.08. The van der Waals surface area contributed by atoms with Crippen LogP contribution in [0.25, 0.3) is 32.3 Å². The number of hydrogen-bond donors (Lipinski definition) is 0. The first-order valence-electron chi connectivity index (χ1n) is 26.3.